The summed E-state index contributed by atoms with van der Waals surface area (Å²) in [5.74, 6) is 0. The molecule has 1 aliphatic rings. The first kappa shape index (κ1) is 19.7. The molecule has 1 aromatic carbocycles. The van der Waals surface area contributed by atoms with E-state index in [9.17, 15) is 4.79 Å². The fourth-order valence-electron chi connectivity index (χ4n) is 3.50. The molecule has 0 atom stereocenters. The summed E-state index contributed by atoms with van der Waals surface area (Å²) in [6.07, 6.45) is 5.37. The largest absolute Gasteiger partial charge is 0.444 e. The molecule has 7 heteroatoms. The second kappa shape index (κ2) is 7.34. The first-order valence-electron chi connectivity index (χ1n) is 9.90. The Morgan fingerprint density at radius 2 is 2.07 bits per heavy atom. The highest BCUT2D eigenvalue weighted by Crippen LogP contribution is 2.29. The number of hydrogen-bond donors (Lipinski definition) is 0. The van der Waals surface area contributed by atoms with E-state index in [2.05, 4.69) is 23.6 Å². The summed E-state index contributed by atoms with van der Waals surface area (Å²) in [5, 5.41) is 0.671. The molecule has 3 heterocycles. The Bertz CT molecular complexity index is 1130. The number of rotatable bonds is 2. The van der Waals surface area contributed by atoms with E-state index in [0.717, 1.165) is 40.1 Å². The topological polar surface area (TPSA) is 59.7 Å². The van der Waals surface area contributed by atoms with Crippen molar-refractivity contribution in [3.05, 3.63) is 46.9 Å². The van der Waals surface area contributed by atoms with Crippen LogP contribution in [0.2, 0.25) is 5.02 Å². The minimum Gasteiger partial charge on any atom is -0.444 e. The van der Waals surface area contributed by atoms with Gasteiger partial charge in [-0.15, -0.1) is 0 Å². The third kappa shape index (κ3) is 3.94. The summed E-state index contributed by atoms with van der Waals surface area (Å²) in [6, 6.07) is 5.70. The molecular formula is C22H25ClN4O2. The first-order chi connectivity index (χ1) is 13.7. The van der Waals surface area contributed by atoms with Crippen molar-refractivity contribution in [2.75, 3.05) is 13.1 Å². The average Bonchev–Trinajstić information content (AvgIpc) is 3.11. The normalized spacial score (nSPS) is 15.1. The Balaban J connectivity index is 1.73. The number of ether oxygens (including phenoxy) is 1. The molecule has 0 radical (unpaired) electrons. The van der Waals surface area contributed by atoms with Crippen molar-refractivity contribution in [1.82, 2.24) is 19.3 Å². The number of hydrogen-bond acceptors (Lipinski definition) is 4. The monoisotopic (exact) mass is 412 g/mol. The minimum absolute atomic E-state index is 0.284. The fraction of sp³-hybridized carbons (Fsp3) is 0.409. The van der Waals surface area contributed by atoms with E-state index in [1.54, 1.807) is 4.90 Å². The van der Waals surface area contributed by atoms with Crippen LogP contribution in [-0.2, 0) is 11.2 Å². The van der Waals surface area contributed by atoms with E-state index in [4.69, 9.17) is 26.3 Å². The van der Waals surface area contributed by atoms with Gasteiger partial charge >= 0.3 is 6.09 Å². The molecule has 2 aromatic heterocycles. The van der Waals surface area contributed by atoms with Crippen LogP contribution < -0.4 is 0 Å². The van der Waals surface area contributed by atoms with Crippen LogP contribution in [0.4, 0.5) is 4.79 Å². The lowest BCUT2D eigenvalue weighted by atomic mass is 10.0. The van der Waals surface area contributed by atoms with Crippen LogP contribution in [0.15, 0.2) is 30.5 Å². The van der Waals surface area contributed by atoms with Gasteiger partial charge in [0.05, 0.1) is 16.7 Å². The molecule has 0 N–H and O–H groups in total. The highest BCUT2D eigenvalue weighted by Gasteiger charge is 2.25. The van der Waals surface area contributed by atoms with Gasteiger partial charge in [0.15, 0.2) is 5.65 Å². The summed E-state index contributed by atoms with van der Waals surface area (Å²) in [7, 11) is 0. The summed E-state index contributed by atoms with van der Waals surface area (Å²) in [4.78, 5) is 23.8. The maximum atomic E-state index is 12.3. The second-order valence-electron chi connectivity index (χ2n) is 8.28. The lowest BCUT2D eigenvalue weighted by molar-refractivity contribution is 0.0270. The molecule has 0 saturated carbocycles. The molecule has 0 saturated heterocycles. The van der Waals surface area contributed by atoms with Crippen LogP contribution in [0, 0.1) is 0 Å². The van der Waals surface area contributed by atoms with Crippen LogP contribution in [0.1, 0.15) is 45.5 Å². The molecule has 1 aliphatic heterocycles. The van der Waals surface area contributed by atoms with Gasteiger partial charge in [0, 0.05) is 24.3 Å². The predicted octanol–water partition coefficient (Wildman–Crippen LogP) is 5.12. The van der Waals surface area contributed by atoms with Crippen LogP contribution >= 0.6 is 11.6 Å². The van der Waals surface area contributed by atoms with Crippen molar-refractivity contribution in [3.8, 4) is 0 Å². The van der Waals surface area contributed by atoms with Crippen LogP contribution in [0.3, 0.4) is 0 Å². The van der Waals surface area contributed by atoms with E-state index in [1.807, 2.05) is 39.0 Å². The van der Waals surface area contributed by atoms with Crippen molar-refractivity contribution < 1.29 is 9.53 Å². The Morgan fingerprint density at radius 3 is 2.72 bits per heavy atom. The summed E-state index contributed by atoms with van der Waals surface area (Å²) >= 11 is 6.22. The molecule has 3 aromatic rings. The highest BCUT2D eigenvalue weighted by atomic mass is 35.5. The number of aromatic nitrogens is 3. The molecule has 0 spiro atoms. The SMILES string of the molecule is CCc1cn2c(n1)c(C1=CCN(C(=O)OC(C)(C)C)CC1)nc1ccc(Cl)cc12. The third-order valence-electron chi connectivity index (χ3n) is 4.92. The van der Waals surface area contributed by atoms with Gasteiger partial charge < -0.3 is 9.64 Å². The Kier molecular flexibility index (Phi) is 4.99. The zero-order valence-electron chi connectivity index (χ0n) is 17.2. The van der Waals surface area contributed by atoms with Crippen molar-refractivity contribution >= 4 is 39.9 Å². The maximum Gasteiger partial charge on any atom is 0.410 e. The second-order valence-corrected chi connectivity index (χ2v) is 8.72. The third-order valence-corrected chi connectivity index (χ3v) is 5.16. The number of carbonyl (C=O) groups excluding carboxylic acids is 1. The first-order valence-corrected chi connectivity index (χ1v) is 10.3. The van der Waals surface area contributed by atoms with Crippen molar-refractivity contribution in [2.45, 2.75) is 46.1 Å². The predicted molar refractivity (Wildman–Crippen MR) is 115 cm³/mol. The van der Waals surface area contributed by atoms with E-state index in [0.29, 0.717) is 24.5 Å². The number of aryl methyl sites for hydroxylation is 1. The molecular weight excluding hydrogens is 388 g/mol. The van der Waals surface area contributed by atoms with Gasteiger partial charge in [-0.05, 0) is 57.4 Å². The number of benzene rings is 1. The van der Waals surface area contributed by atoms with Crippen molar-refractivity contribution in [1.29, 1.82) is 0 Å². The van der Waals surface area contributed by atoms with E-state index >= 15 is 0 Å². The standard InChI is InChI=1S/C22H25ClN4O2/c1-5-16-13-27-18-12-15(23)6-7-17(18)25-19(20(27)24-16)14-8-10-26(11-9-14)21(28)29-22(2,3)4/h6-8,12-13H,5,9-11H2,1-4H3. The zero-order chi connectivity index (χ0) is 20.8. The van der Waals surface area contributed by atoms with Crippen molar-refractivity contribution in [2.24, 2.45) is 0 Å². The van der Waals surface area contributed by atoms with E-state index in [-0.39, 0.29) is 6.09 Å². The average molecular weight is 413 g/mol. The quantitative estimate of drug-likeness (QED) is 0.586. The molecule has 0 bridgehead atoms. The van der Waals surface area contributed by atoms with Gasteiger partial charge in [-0.2, -0.15) is 0 Å². The Hall–Kier alpha value is -2.60. The Morgan fingerprint density at radius 1 is 1.28 bits per heavy atom. The molecule has 1 amide bonds. The molecule has 0 fully saturated rings. The van der Waals surface area contributed by atoms with Crippen molar-refractivity contribution in [3.63, 3.8) is 0 Å². The number of fused-ring (bicyclic) bond motifs is 3. The van der Waals surface area contributed by atoms with E-state index in [1.165, 1.54) is 0 Å². The molecule has 0 aliphatic carbocycles. The smallest absolute Gasteiger partial charge is 0.410 e. The number of carbonyl (C=O) groups is 1. The molecule has 6 nitrogen and oxygen atoms in total. The lowest BCUT2D eigenvalue weighted by Crippen LogP contribution is -2.39. The van der Waals surface area contributed by atoms with Crippen LogP contribution in [-0.4, -0.2) is 44.1 Å². The van der Waals surface area contributed by atoms with E-state index < -0.39 is 5.60 Å². The molecule has 152 valence electrons. The number of imidazole rings is 1. The summed E-state index contributed by atoms with van der Waals surface area (Å²) < 4.78 is 7.56. The number of nitrogens with zero attached hydrogens (tertiary/aromatic N) is 4. The summed E-state index contributed by atoms with van der Waals surface area (Å²) in [6.45, 7) is 8.81. The lowest BCUT2D eigenvalue weighted by Gasteiger charge is -2.29. The van der Waals surface area contributed by atoms with Gasteiger partial charge in [-0.3, -0.25) is 4.40 Å². The van der Waals surface area contributed by atoms with Gasteiger partial charge in [0.1, 0.15) is 11.3 Å². The van der Waals surface area contributed by atoms with Crippen LogP contribution in [0.25, 0.3) is 22.3 Å². The van der Waals surface area contributed by atoms with Gasteiger partial charge in [0.2, 0.25) is 0 Å². The number of halogens is 1. The van der Waals surface area contributed by atoms with Crippen LogP contribution in [0.5, 0.6) is 0 Å². The molecule has 4 rings (SSSR count). The maximum absolute atomic E-state index is 12.3. The van der Waals surface area contributed by atoms with Gasteiger partial charge in [0.25, 0.3) is 0 Å². The van der Waals surface area contributed by atoms with Gasteiger partial charge in [-0.25, -0.2) is 14.8 Å². The minimum atomic E-state index is -0.499. The number of amides is 1. The van der Waals surface area contributed by atoms with Gasteiger partial charge in [-0.1, -0.05) is 24.6 Å². The molecule has 0 unspecified atom stereocenters. The Labute approximate surface area is 175 Å². The summed E-state index contributed by atoms with van der Waals surface area (Å²) in [5.41, 5.74) is 5.10. The fourth-order valence-corrected chi connectivity index (χ4v) is 3.66. The highest BCUT2D eigenvalue weighted by molar-refractivity contribution is 6.31. The zero-order valence-corrected chi connectivity index (χ0v) is 18.0. The molecule has 29 heavy (non-hydrogen) atoms.